The molecule has 0 fully saturated rings. The molecular weight excluding hydrogens is 615 g/mol. The van der Waals surface area contributed by atoms with Crippen LogP contribution in [0.1, 0.15) is 15.1 Å². The molecule has 0 unspecified atom stereocenters. The van der Waals surface area contributed by atoms with Gasteiger partial charge >= 0.3 is 0 Å². The van der Waals surface area contributed by atoms with Crippen LogP contribution >= 0.6 is 11.3 Å². The van der Waals surface area contributed by atoms with Crippen molar-refractivity contribution in [1.29, 1.82) is 0 Å². The molecule has 9 aromatic rings. The summed E-state index contributed by atoms with van der Waals surface area (Å²) in [4.78, 5) is 14.7. The molecule has 0 bridgehead atoms. The van der Waals surface area contributed by atoms with Crippen LogP contribution in [0, 0.1) is 0 Å². The van der Waals surface area contributed by atoms with E-state index in [4.69, 9.17) is 27.3 Å². The van der Waals surface area contributed by atoms with Crippen LogP contribution in [0.4, 0.5) is 0 Å². The number of nitrogens with zero attached hydrogens (tertiary/aromatic N) is 3. The summed E-state index contributed by atoms with van der Waals surface area (Å²) >= 11 is 0.936. The summed E-state index contributed by atoms with van der Waals surface area (Å²) in [5, 5.41) is 0.0135. The Morgan fingerprint density at radius 2 is 0.878 bits per heavy atom. The molecule has 2 heterocycles. The van der Waals surface area contributed by atoms with Gasteiger partial charge in [0.05, 0.1) is 15.1 Å². The lowest BCUT2D eigenvalue weighted by Crippen LogP contribution is -2.00. The van der Waals surface area contributed by atoms with Crippen LogP contribution in [0.5, 0.6) is 0 Å². The van der Waals surface area contributed by atoms with E-state index in [1.54, 1.807) is 0 Å². The molecule has 0 spiro atoms. The van der Waals surface area contributed by atoms with E-state index in [9.17, 15) is 2.74 Å². The van der Waals surface area contributed by atoms with Gasteiger partial charge in [0.25, 0.3) is 0 Å². The predicted molar refractivity (Wildman–Crippen MR) is 205 cm³/mol. The normalized spacial score (nSPS) is 14.4. The topological polar surface area (TPSA) is 38.7 Å². The SMILES string of the molecule is [2H]c1c([2H])c([2H])c(-c2c([2H])c([2H])c([2H])c3sc4c(-c5nc(-c6ccc(-c7ccccc7)cc6)nc(-c6ccc(-c7ccccc7)cc6)n5)c([2H])c([2H])c([2H])c4c23)c([2H])c1[2H]. The molecule has 230 valence electrons. The van der Waals surface area contributed by atoms with Gasteiger partial charge in [-0.3, -0.25) is 0 Å². The second-order valence-electron chi connectivity index (χ2n) is 11.2. The molecule has 49 heavy (non-hydrogen) atoms. The van der Waals surface area contributed by atoms with Crippen molar-refractivity contribution < 1.29 is 15.1 Å². The van der Waals surface area contributed by atoms with Gasteiger partial charge in [-0.05, 0) is 45.5 Å². The lowest BCUT2D eigenvalue weighted by atomic mass is 9.99. The predicted octanol–water partition coefficient (Wildman–Crippen LogP) is 12.2. The summed E-state index contributed by atoms with van der Waals surface area (Å²) in [6.45, 7) is 0. The molecule has 9 rings (SSSR count). The van der Waals surface area contributed by atoms with Crippen LogP contribution in [0.3, 0.4) is 0 Å². The summed E-state index contributed by atoms with van der Waals surface area (Å²) < 4.78 is 96.9. The van der Waals surface area contributed by atoms with Crippen LogP contribution < -0.4 is 0 Å². The molecule has 0 saturated heterocycles. The lowest BCUT2D eigenvalue weighted by molar-refractivity contribution is 1.08. The van der Waals surface area contributed by atoms with Crippen molar-refractivity contribution in [2.24, 2.45) is 0 Å². The molecule has 0 atom stereocenters. The minimum absolute atomic E-state index is 0.00165. The summed E-state index contributed by atoms with van der Waals surface area (Å²) in [5.74, 6) is 0.525. The number of hydrogen-bond acceptors (Lipinski definition) is 4. The fourth-order valence-electron chi connectivity index (χ4n) is 5.83. The van der Waals surface area contributed by atoms with Gasteiger partial charge in [0.15, 0.2) is 17.5 Å². The van der Waals surface area contributed by atoms with Crippen molar-refractivity contribution in [3.05, 3.63) is 176 Å². The van der Waals surface area contributed by atoms with Gasteiger partial charge in [-0.1, -0.05) is 164 Å². The van der Waals surface area contributed by atoms with Crippen LogP contribution in [0.15, 0.2) is 176 Å². The van der Waals surface area contributed by atoms with Crippen LogP contribution in [-0.4, -0.2) is 15.0 Å². The van der Waals surface area contributed by atoms with E-state index in [2.05, 4.69) is 0 Å². The Hall–Kier alpha value is -6.23. The first-order valence-corrected chi connectivity index (χ1v) is 16.3. The first-order valence-electron chi connectivity index (χ1n) is 21.0. The Labute approximate surface area is 304 Å². The molecule has 3 nitrogen and oxygen atoms in total. The van der Waals surface area contributed by atoms with Gasteiger partial charge < -0.3 is 0 Å². The zero-order chi connectivity index (χ0) is 42.1. The van der Waals surface area contributed by atoms with Gasteiger partial charge in [0.1, 0.15) is 0 Å². The summed E-state index contributed by atoms with van der Waals surface area (Å²) in [6, 6.07) is 29.1. The molecule has 0 radical (unpaired) electrons. The van der Waals surface area contributed by atoms with Crippen molar-refractivity contribution >= 4 is 31.5 Å². The maximum Gasteiger partial charge on any atom is 0.165 e. The number of fused-ring (bicyclic) bond motifs is 3. The van der Waals surface area contributed by atoms with Gasteiger partial charge in [0.2, 0.25) is 0 Å². The summed E-state index contributed by atoms with van der Waals surface area (Å²) in [6.07, 6.45) is 0. The van der Waals surface area contributed by atoms with E-state index in [1.165, 1.54) is 0 Å². The first kappa shape index (κ1) is 19.6. The van der Waals surface area contributed by atoms with Gasteiger partial charge in [0, 0.05) is 36.9 Å². The lowest BCUT2D eigenvalue weighted by Gasteiger charge is -2.10. The maximum absolute atomic E-state index is 9.28. The van der Waals surface area contributed by atoms with Crippen molar-refractivity contribution in [2.75, 3.05) is 0 Å². The molecule has 7 aromatic carbocycles. The molecule has 0 aliphatic rings. The maximum atomic E-state index is 9.28. The van der Waals surface area contributed by atoms with Crippen molar-refractivity contribution in [3.8, 4) is 67.5 Å². The van der Waals surface area contributed by atoms with E-state index in [0.717, 1.165) is 33.6 Å². The zero-order valence-corrected chi connectivity index (χ0v) is 26.5. The highest BCUT2D eigenvalue weighted by Crippen LogP contribution is 2.43. The Kier molecular flexibility index (Phi) is 4.96. The highest BCUT2D eigenvalue weighted by atomic mass is 32.1. The van der Waals surface area contributed by atoms with E-state index in [-0.39, 0.29) is 66.4 Å². The molecule has 2 aromatic heterocycles. The molecule has 4 heteroatoms. The minimum Gasteiger partial charge on any atom is -0.208 e. The van der Waals surface area contributed by atoms with Crippen LogP contribution in [0.2, 0.25) is 0 Å². The highest BCUT2D eigenvalue weighted by Gasteiger charge is 2.18. The van der Waals surface area contributed by atoms with E-state index >= 15 is 0 Å². The van der Waals surface area contributed by atoms with E-state index < -0.39 is 54.4 Å². The quantitative estimate of drug-likeness (QED) is 0.179. The average molecular weight is 655 g/mol. The Balaban J connectivity index is 1.33. The Morgan fingerprint density at radius 1 is 0.388 bits per heavy atom. The van der Waals surface area contributed by atoms with Crippen LogP contribution in [-0.2, 0) is 0 Å². The van der Waals surface area contributed by atoms with Crippen LogP contribution in [0.25, 0.3) is 87.7 Å². The summed E-state index contributed by atoms with van der Waals surface area (Å²) in [5.41, 5.74) is 4.70. The number of rotatable bonds is 6. The fraction of sp³-hybridized carbons (Fsp3) is 0. The standard InChI is InChI=1S/C45H29N3S/c1-4-12-30(13-5-1)32-22-26-35(27-23-32)43-46-44(36-28-24-33(25-29-36)31-14-6-2-7-15-31)48-45(47-43)39-20-10-19-38-41-37(34-16-8-3-9-17-34)18-11-21-40(41)49-42(38)39/h1-29H/i3D,8D,9D,10D,11D,16D,17D,18D,19D,20D,21D. The highest BCUT2D eigenvalue weighted by molar-refractivity contribution is 7.26. The second kappa shape index (κ2) is 12.4. The smallest absolute Gasteiger partial charge is 0.165 e. The van der Waals surface area contributed by atoms with Crippen molar-refractivity contribution in [1.82, 2.24) is 15.0 Å². The molecule has 0 aliphatic heterocycles. The van der Waals surface area contributed by atoms with Gasteiger partial charge in [-0.2, -0.15) is 0 Å². The third kappa shape index (κ3) is 5.48. The van der Waals surface area contributed by atoms with E-state index in [1.807, 2.05) is 109 Å². The van der Waals surface area contributed by atoms with E-state index in [0.29, 0.717) is 11.1 Å². The fourth-order valence-corrected chi connectivity index (χ4v) is 6.94. The molecule has 0 N–H and O–H groups in total. The molecular formula is C45H29N3S. The van der Waals surface area contributed by atoms with Gasteiger partial charge in [-0.15, -0.1) is 11.3 Å². The third-order valence-electron chi connectivity index (χ3n) is 8.23. The third-order valence-corrected chi connectivity index (χ3v) is 9.36. The Bertz CT molecular complexity index is 3060. The number of benzene rings is 7. The van der Waals surface area contributed by atoms with Crippen molar-refractivity contribution in [2.45, 2.75) is 0 Å². The molecule has 0 saturated carbocycles. The minimum atomic E-state index is -0.653. The van der Waals surface area contributed by atoms with Crippen molar-refractivity contribution in [3.63, 3.8) is 0 Å². The monoisotopic (exact) mass is 654 g/mol. The first-order chi connectivity index (χ1) is 28.8. The second-order valence-corrected chi connectivity index (χ2v) is 12.2. The summed E-state index contributed by atoms with van der Waals surface area (Å²) in [7, 11) is 0. The molecule has 0 aliphatic carbocycles. The zero-order valence-electron chi connectivity index (χ0n) is 36.6. The Morgan fingerprint density at radius 3 is 1.47 bits per heavy atom. The number of aromatic nitrogens is 3. The van der Waals surface area contributed by atoms with Gasteiger partial charge in [-0.25, -0.2) is 15.0 Å². The molecule has 0 amide bonds. The average Bonchev–Trinajstić information content (AvgIpc) is 3.68. The largest absolute Gasteiger partial charge is 0.208 e. The number of hydrogen-bond donors (Lipinski definition) is 0. The number of thiophene rings is 1.